The fourth-order valence-corrected chi connectivity index (χ4v) is 7.29. The number of aliphatic hydroxyl groups is 1. The zero-order valence-electron chi connectivity index (χ0n) is 24.8. The number of carbonyl (C=O) groups is 1. The van der Waals surface area contributed by atoms with Crippen LogP contribution in [-0.2, 0) is 52.4 Å². The summed E-state index contributed by atoms with van der Waals surface area (Å²) in [5.41, 5.74) is 9.27. The van der Waals surface area contributed by atoms with E-state index in [0.717, 1.165) is 50.8 Å². The Balaban J connectivity index is 1.26. The lowest BCUT2D eigenvalue weighted by molar-refractivity contribution is 0.0964. The number of anilines is 1. The van der Waals surface area contributed by atoms with Crippen LogP contribution in [0, 0.1) is 5.82 Å². The van der Waals surface area contributed by atoms with Gasteiger partial charge in [-0.3, -0.25) is 9.59 Å². The van der Waals surface area contributed by atoms with Crippen LogP contribution in [0.4, 0.5) is 10.1 Å². The van der Waals surface area contributed by atoms with Crippen molar-refractivity contribution in [1.82, 2.24) is 14.0 Å². The van der Waals surface area contributed by atoms with E-state index in [-0.39, 0.29) is 18.1 Å². The maximum atomic E-state index is 15.3. The first-order valence-corrected chi connectivity index (χ1v) is 15.3. The van der Waals surface area contributed by atoms with Gasteiger partial charge < -0.3 is 24.0 Å². The van der Waals surface area contributed by atoms with Crippen LogP contribution in [0.5, 0.6) is 0 Å². The standard InChI is InChI=1S/C35H37FN4O3/c1-37-10-9-23-13-22(7-8-25(23)19-37)14-26-15-27(20-38(2)34(26)42)29-17-28(36)18-32(30(29)21-41)40-12-11-39-31-6-4-3-5-24(31)16-33(39)35(40)43/h7-8,13,15-18,20,41H,3-6,9-12,14,19,21H2,1-2H3. The van der Waals surface area contributed by atoms with Gasteiger partial charge in [0.15, 0.2) is 0 Å². The molecule has 2 aromatic heterocycles. The van der Waals surface area contributed by atoms with Gasteiger partial charge in [-0.05, 0) is 96.8 Å². The molecule has 8 heteroatoms. The number of amides is 1. The van der Waals surface area contributed by atoms with E-state index in [4.69, 9.17) is 0 Å². The highest BCUT2D eigenvalue weighted by Crippen LogP contribution is 2.36. The third-order valence-corrected chi connectivity index (χ3v) is 9.50. The van der Waals surface area contributed by atoms with Crippen LogP contribution in [-0.4, -0.2) is 45.2 Å². The summed E-state index contributed by atoms with van der Waals surface area (Å²) < 4.78 is 19.0. The SMILES string of the molecule is CN1CCc2cc(Cc3cc(-c4cc(F)cc(N5CCn6c(cc7c6CCCC7)C5=O)c4CO)cn(C)c3=O)ccc2C1. The van der Waals surface area contributed by atoms with Crippen molar-refractivity contribution in [2.75, 3.05) is 25.0 Å². The summed E-state index contributed by atoms with van der Waals surface area (Å²) in [6.45, 7) is 2.59. The van der Waals surface area contributed by atoms with Crippen molar-refractivity contribution in [3.05, 3.63) is 110 Å². The minimum absolute atomic E-state index is 0.112. The number of pyridine rings is 1. The number of nitrogens with zero attached hydrogens (tertiary/aromatic N) is 4. The van der Waals surface area contributed by atoms with Crippen LogP contribution >= 0.6 is 0 Å². The molecule has 3 aliphatic rings. The third-order valence-electron chi connectivity index (χ3n) is 9.50. The van der Waals surface area contributed by atoms with E-state index >= 15 is 4.39 Å². The Bertz CT molecular complexity index is 1820. The number of aromatic nitrogens is 2. The molecule has 0 atom stereocenters. The molecule has 1 amide bonds. The summed E-state index contributed by atoms with van der Waals surface area (Å²) in [4.78, 5) is 30.9. The summed E-state index contributed by atoms with van der Waals surface area (Å²) in [6.07, 6.45) is 7.32. The van der Waals surface area contributed by atoms with Gasteiger partial charge in [-0.25, -0.2) is 4.39 Å². The number of rotatable bonds is 5. The summed E-state index contributed by atoms with van der Waals surface area (Å²) in [7, 11) is 3.82. The van der Waals surface area contributed by atoms with Gasteiger partial charge in [-0.2, -0.15) is 0 Å². The number of hydrogen-bond donors (Lipinski definition) is 1. The number of aryl methyl sites for hydroxylation is 2. The lowest BCUT2D eigenvalue weighted by Crippen LogP contribution is -2.41. The molecule has 0 saturated heterocycles. The molecule has 2 aliphatic heterocycles. The number of aliphatic hydroxyl groups excluding tert-OH is 1. The molecule has 4 heterocycles. The van der Waals surface area contributed by atoms with Crippen molar-refractivity contribution in [2.24, 2.45) is 7.05 Å². The summed E-state index contributed by atoms with van der Waals surface area (Å²) in [5.74, 6) is -0.669. The zero-order chi connectivity index (χ0) is 29.8. The number of benzene rings is 2. The molecule has 1 N–H and O–H groups in total. The quantitative estimate of drug-likeness (QED) is 0.375. The summed E-state index contributed by atoms with van der Waals surface area (Å²) >= 11 is 0. The van der Waals surface area contributed by atoms with Crippen molar-refractivity contribution in [1.29, 1.82) is 0 Å². The first-order valence-electron chi connectivity index (χ1n) is 15.3. The molecule has 7 rings (SSSR count). The number of carbonyl (C=O) groups excluding carboxylic acids is 1. The second-order valence-electron chi connectivity index (χ2n) is 12.4. The number of hydrogen-bond acceptors (Lipinski definition) is 4. The largest absolute Gasteiger partial charge is 0.392 e. The van der Waals surface area contributed by atoms with E-state index in [1.807, 2.05) is 12.1 Å². The van der Waals surface area contributed by atoms with Crippen molar-refractivity contribution < 1.29 is 14.3 Å². The Kier molecular flexibility index (Phi) is 7.06. The molecule has 222 valence electrons. The Morgan fingerprint density at radius 1 is 0.884 bits per heavy atom. The van der Waals surface area contributed by atoms with E-state index in [1.165, 1.54) is 39.1 Å². The predicted molar refractivity (Wildman–Crippen MR) is 165 cm³/mol. The number of likely N-dealkylation sites (N-methyl/N-ethyl adjacent to an activating group) is 1. The van der Waals surface area contributed by atoms with Gasteiger partial charge in [0, 0.05) is 62.7 Å². The zero-order valence-corrected chi connectivity index (χ0v) is 24.8. The minimum atomic E-state index is -0.495. The molecule has 2 aromatic carbocycles. The average Bonchev–Trinajstić information content (AvgIpc) is 3.39. The molecule has 0 radical (unpaired) electrons. The molecule has 0 unspecified atom stereocenters. The first-order chi connectivity index (χ1) is 20.8. The number of halogens is 1. The smallest absolute Gasteiger partial charge is 0.274 e. The predicted octanol–water partition coefficient (Wildman–Crippen LogP) is 4.60. The van der Waals surface area contributed by atoms with Gasteiger partial charge in [0.25, 0.3) is 11.5 Å². The molecule has 4 aromatic rings. The van der Waals surface area contributed by atoms with E-state index in [9.17, 15) is 14.7 Å². The lowest BCUT2D eigenvalue weighted by Gasteiger charge is -2.31. The van der Waals surface area contributed by atoms with Crippen molar-refractivity contribution in [3.63, 3.8) is 0 Å². The van der Waals surface area contributed by atoms with E-state index in [0.29, 0.717) is 53.1 Å². The van der Waals surface area contributed by atoms with E-state index in [1.54, 1.807) is 18.1 Å². The van der Waals surface area contributed by atoms with Gasteiger partial charge in [0.1, 0.15) is 11.5 Å². The Morgan fingerprint density at radius 2 is 1.72 bits per heavy atom. The maximum Gasteiger partial charge on any atom is 0.274 e. The van der Waals surface area contributed by atoms with E-state index in [2.05, 4.69) is 34.7 Å². The summed E-state index contributed by atoms with van der Waals surface area (Å²) in [6, 6.07) is 13.0. The molecule has 7 nitrogen and oxygen atoms in total. The highest BCUT2D eigenvalue weighted by atomic mass is 19.1. The van der Waals surface area contributed by atoms with Crippen molar-refractivity contribution in [2.45, 2.75) is 58.2 Å². The highest BCUT2D eigenvalue weighted by Gasteiger charge is 2.32. The lowest BCUT2D eigenvalue weighted by atomic mass is 9.93. The maximum absolute atomic E-state index is 15.3. The molecule has 0 fully saturated rings. The van der Waals surface area contributed by atoms with E-state index < -0.39 is 5.82 Å². The van der Waals surface area contributed by atoms with Gasteiger partial charge in [0.05, 0.1) is 12.3 Å². The van der Waals surface area contributed by atoms with Crippen LogP contribution in [0.2, 0.25) is 0 Å². The van der Waals surface area contributed by atoms with Gasteiger partial charge in [0.2, 0.25) is 0 Å². The normalized spacial score (nSPS) is 16.7. The monoisotopic (exact) mass is 580 g/mol. The Labute approximate surface area is 250 Å². The topological polar surface area (TPSA) is 70.7 Å². The number of fused-ring (bicyclic) bond motifs is 4. The molecule has 43 heavy (non-hydrogen) atoms. The summed E-state index contributed by atoms with van der Waals surface area (Å²) in [5, 5.41) is 10.6. The fraction of sp³-hybridized carbons (Fsp3) is 0.371. The van der Waals surface area contributed by atoms with Gasteiger partial charge in [-0.1, -0.05) is 18.2 Å². The second kappa shape index (κ2) is 10.9. The molecule has 0 bridgehead atoms. The minimum Gasteiger partial charge on any atom is -0.392 e. The molecule has 0 saturated carbocycles. The van der Waals surface area contributed by atoms with Crippen LogP contribution in [0.3, 0.4) is 0 Å². The van der Waals surface area contributed by atoms with Crippen LogP contribution in [0.1, 0.15) is 62.4 Å². The molecule has 1 aliphatic carbocycles. The van der Waals surface area contributed by atoms with Gasteiger partial charge >= 0.3 is 0 Å². The third kappa shape index (κ3) is 4.92. The van der Waals surface area contributed by atoms with Crippen LogP contribution in [0.25, 0.3) is 11.1 Å². The molecular formula is C35H37FN4O3. The average molecular weight is 581 g/mol. The van der Waals surface area contributed by atoms with Crippen LogP contribution in [0.15, 0.2) is 53.5 Å². The highest BCUT2D eigenvalue weighted by molar-refractivity contribution is 6.07. The Hall–Kier alpha value is -4.01. The molecule has 0 spiro atoms. The first kappa shape index (κ1) is 27.8. The van der Waals surface area contributed by atoms with Crippen molar-refractivity contribution in [3.8, 4) is 11.1 Å². The van der Waals surface area contributed by atoms with Crippen LogP contribution < -0.4 is 10.5 Å². The van der Waals surface area contributed by atoms with Gasteiger partial charge in [-0.15, -0.1) is 0 Å². The molecular weight excluding hydrogens is 543 g/mol. The van der Waals surface area contributed by atoms with Crippen molar-refractivity contribution >= 4 is 11.6 Å². The Morgan fingerprint density at radius 3 is 2.56 bits per heavy atom. The fourth-order valence-electron chi connectivity index (χ4n) is 7.29. The second-order valence-corrected chi connectivity index (χ2v) is 12.4.